The number of aliphatic carboxylic acids is 1. The van der Waals surface area contributed by atoms with Crippen LogP contribution in [-0.4, -0.2) is 35.1 Å². The molecule has 0 unspecified atom stereocenters. The first-order chi connectivity index (χ1) is 14.7. The van der Waals surface area contributed by atoms with Crippen LogP contribution < -0.4 is 26.8 Å². The Morgan fingerprint density at radius 1 is 1.00 bits per heavy atom. The number of carboxylic acid groups (broad SMARTS) is 1. The van der Waals surface area contributed by atoms with Crippen LogP contribution in [0.1, 0.15) is 15.9 Å². The average molecular weight is 463 g/mol. The first kappa shape index (κ1) is 22.3. The molecule has 0 spiro atoms. The highest BCUT2D eigenvalue weighted by molar-refractivity contribution is 6.39. The summed E-state index contributed by atoms with van der Waals surface area (Å²) in [5.74, 6) is -1.66. The van der Waals surface area contributed by atoms with Crippen molar-refractivity contribution >= 4 is 52.1 Å². The fourth-order valence-corrected chi connectivity index (χ4v) is 3.35. The third-order valence-electron chi connectivity index (χ3n) is 4.52. The number of nitrogens with zero attached hydrogens (tertiary/aromatic N) is 1. The van der Waals surface area contributed by atoms with Gasteiger partial charge in [-0.3, -0.25) is 19.4 Å². The van der Waals surface area contributed by atoms with Gasteiger partial charge in [0, 0.05) is 31.4 Å². The van der Waals surface area contributed by atoms with E-state index in [-0.39, 0.29) is 33.5 Å². The maximum atomic E-state index is 12.5. The van der Waals surface area contributed by atoms with Gasteiger partial charge in [-0.15, -0.1) is 0 Å². The number of pyridine rings is 1. The summed E-state index contributed by atoms with van der Waals surface area (Å²) in [6.07, 6.45) is 2.71. The molecule has 0 radical (unpaired) electrons. The largest absolute Gasteiger partial charge is 0.480 e. The number of hydrogen-bond donors (Lipinski definition) is 4. The fraction of sp³-hybridized carbons (Fsp3) is 0.150. The highest BCUT2D eigenvalue weighted by atomic mass is 35.5. The number of benzene rings is 1. The summed E-state index contributed by atoms with van der Waals surface area (Å²) in [5.41, 5.74) is -0.335. The van der Waals surface area contributed by atoms with Gasteiger partial charge < -0.3 is 21.1 Å². The molecule has 0 saturated heterocycles. The van der Waals surface area contributed by atoms with Gasteiger partial charge in [0.05, 0.1) is 15.7 Å². The summed E-state index contributed by atoms with van der Waals surface area (Å²) in [5, 5.41) is 17.6. The van der Waals surface area contributed by atoms with Crippen LogP contribution in [-0.2, 0) is 11.2 Å². The van der Waals surface area contributed by atoms with E-state index in [4.69, 9.17) is 23.2 Å². The predicted octanol–water partition coefficient (Wildman–Crippen LogP) is 2.39. The minimum absolute atomic E-state index is 0.0151. The Morgan fingerprint density at radius 3 is 2.13 bits per heavy atom. The molecule has 31 heavy (non-hydrogen) atoms. The summed E-state index contributed by atoms with van der Waals surface area (Å²) in [7, 11) is 1.47. The number of anilines is 3. The molecule has 160 valence electrons. The van der Waals surface area contributed by atoms with Crippen LogP contribution >= 0.6 is 23.2 Å². The molecule has 4 N–H and O–H groups in total. The van der Waals surface area contributed by atoms with E-state index < -0.39 is 28.8 Å². The second-order valence-corrected chi connectivity index (χ2v) is 7.34. The summed E-state index contributed by atoms with van der Waals surface area (Å²) in [6.45, 7) is 0. The second-order valence-electron chi connectivity index (χ2n) is 6.53. The summed E-state index contributed by atoms with van der Waals surface area (Å²) < 4.78 is 0. The van der Waals surface area contributed by atoms with Crippen LogP contribution in [0.3, 0.4) is 0 Å². The van der Waals surface area contributed by atoms with E-state index in [1.54, 1.807) is 12.1 Å². The number of nitrogens with one attached hydrogen (secondary N) is 3. The molecule has 1 aromatic heterocycles. The number of carbonyl (C=O) groups is 2. The molecule has 3 rings (SSSR count). The van der Waals surface area contributed by atoms with E-state index in [0.717, 1.165) is 0 Å². The molecule has 0 saturated carbocycles. The van der Waals surface area contributed by atoms with Crippen molar-refractivity contribution in [2.75, 3.05) is 23.0 Å². The first-order valence-electron chi connectivity index (χ1n) is 8.92. The molecule has 0 aliphatic rings. The molecule has 1 amide bonds. The molecule has 1 atom stereocenters. The van der Waals surface area contributed by atoms with Gasteiger partial charge in [0.15, 0.2) is 0 Å². The minimum atomic E-state index is -1.20. The van der Waals surface area contributed by atoms with E-state index in [1.807, 2.05) is 0 Å². The van der Waals surface area contributed by atoms with E-state index in [9.17, 15) is 24.3 Å². The summed E-state index contributed by atoms with van der Waals surface area (Å²) >= 11 is 12.0. The highest BCUT2D eigenvalue weighted by Crippen LogP contribution is 2.29. The van der Waals surface area contributed by atoms with Crippen molar-refractivity contribution < 1.29 is 14.7 Å². The zero-order chi connectivity index (χ0) is 22.7. The Hall–Kier alpha value is -3.43. The van der Waals surface area contributed by atoms with Crippen molar-refractivity contribution in [1.82, 2.24) is 4.98 Å². The molecule has 3 aromatic rings. The molecular formula is C20H16Cl2N4O5. The van der Waals surface area contributed by atoms with Crippen molar-refractivity contribution in [1.29, 1.82) is 0 Å². The lowest BCUT2D eigenvalue weighted by atomic mass is 10.0. The van der Waals surface area contributed by atoms with Crippen molar-refractivity contribution in [3.05, 3.63) is 78.3 Å². The number of halogens is 2. The van der Waals surface area contributed by atoms with Gasteiger partial charge in [-0.2, -0.15) is 0 Å². The standard InChI is InChI=1S/C20H16Cl2N4O5/c1-23-15-16(18(28)17(15)27)25-13(20(30)31)6-9-2-4-10(5-3-9)19(29)26-14-11(21)7-24-8-12(14)22/h2-5,7-8,13,23,25H,6H2,1H3,(H,30,31)(H,24,26,29)/t13-/m0/s1. The number of amides is 1. The molecule has 1 heterocycles. The Balaban J connectivity index is 1.72. The Bertz CT molecular complexity index is 1200. The van der Waals surface area contributed by atoms with Gasteiger partial charge >= 0.3 is 5.97 Å². The van der Waals surface area contributed by atoms with Crippen molar-refractivity contribution in [2.24, 2.45) is 0 Å². The quantitative estimate of drug-likeness (QED) is 0.374. The van der Waals surface area contributed by atoms with Crippen LogP contribution in [0.2, 0.25) is 10.0 Å². The molecule has 2 aromatic carbocycles. The SMILES string of the molecule is CNc1c(N[C@@H](Cc2ccc(C(=O)Nc3c(Cl)cncc3Cl)cc2)C(=O)O)c(=O)c1=O. The van der Waals surface area contributed by atoms with Gasteiger partial charge in [0.25, 0.3) is 16.8 Å². The molecule has 11 heteroatoms. The normalized spacial score (nSPS) is 11.7. The monoisotopic (exact) mass is 462 g/mol. The predicted molar refractivity (Wildman–Crippen MR) is 118 cm³/mol. The Morgan fingerprint density at radius 2 is 1.58 bits per heavy atom. The Labute approximate surface area is 185 Å². The molecule has 0 bridgehead atoms. The molecule has 9 nitrogen and oxygen atoms in total. The van der Waals surface area contributed by atoms with Crippen LogP contribution in [0.15, 0.2) is 46.2 Å². The zero-order valence-electron chi connectivity index (χ0n) is 16.0. The lowest BCUT2D eigenvalue weighted by Gasteiger charge is -2.19. The molecule has 0 fully saturated rings. The van der Waals surface area contributed by atoms with Gasteiger partial charge in [-0.25, -0.2) is 4.79 Å². The number of carboxylic acids is 1. The maximum absolute atomic E-state index is 12.5. The Kier molecular flexibility index (Phi) is 6.57. The molecule has 0 aliphatic carbocycles. The first-order valence-corrected chi connectivity index (χ1v) is 9.68. The average Bonchev–Trinajstić information content (AvgIpc) is 2.75. The van der Waals surface area contributed by atoms with Gasteiger partial charge in [-0.05, 0) is 17.7 Å². The lowest BCUT2D eigenvalue weighted by molar-refractivity contribution is -0.137. The number of hydrogen-bond acceptors (Lipinski definition) is 7. The smallest absolute Gasteiger partial charge is 0.326 e. The molecular weight excluding hydrogens is 447 g/mol. The summed E-state index contributed by atoms with van der Waals surface area (Å²) in [4.78, 5) is 51.0. The second kappa shape index (κ2) is 9.15. The van der Waals surface area contributed by atoms with E-state index >= 15 is 0 Å². The van der Waals surface area contributed by atoms with Crippen molar-refractivity contribution in [2.45, 2.75) is 12.5 Å². The van der Waals surface area contributed by atoms with Crippen LogP contribution in [0.4, 0.5) is 17.1 Å². The van der Waals surface area contributed by atoms with Crippen LogP contribution in [0, 0.1) is 0 Å². The maximum Gasteiger partial charge on any atom is 0.326 e. The van der Waals surface area contributed by atoms with E-state index in [2.05, 4.69) is 20.9 Å². The number of carbonyl (C=O) groups excluding carboxylic acids is 1. The fourth-order valence-electron chi connectivity index (χ4n) is 2.89. The van der Waals surface area contributed by atoms with Gasteiger partial charge in [-0.1, -0.05) is 35.3 Å². The van der Waals surface area contributed by atoms with Crippen molar-refractivity contribution in [3.8, 4) is 0 Å². The van der Waals surface area contributed by atoms with Gasteiger partial charge in [0.1, 0.15) is 17.4 Å². The minimum Gasteiger partial charge on any atom is -0.480 e. The molecule has 0 aliphatic heterocycles. The highest BCUT2D eigenvalue weighted by Gasteiger charge is 2.26. The van der Waals surface area contributed by atoms with E-state index in [0.29, 0.717) is 11.1 Å². The van der Waals surface area contributed by atoms with Crippen LogP contribution in [0.5, 0.6) is 0 Å². The number of rotatable bonds is 8. The third-order valence-corrected chi connectivity index (χ3v) is 5.10. The summed E-state index contributed by atoms with van der Waals surface area (Å²) in [6, 6.07) is 5.06. The lowest BCUT2D eigenvalue weighted by Crippen LogP contribution is -2.42. The van der Waals surface area contributed by atoms with E-state index in [1.165, 1.54) is 31.6 Å². The zero-order valence-corrected chi connectivity index (χ0v) is 17.5. The van der Waals surface area contributed by atoms with Crippen molar-refractivity contribution in [3.63, 3.8) is 0 Å². The van der Waals surface area contributed by atoms with Crippen LogP contribution in [0.25, 0.3) is 0 Å². The number of aromatic nitrogens is 1. The topological polar surface area (TPSA) is 137 Å². The third kappa shape index (κ3) is 4.68. The van der Waals surface area contributed by atoms with Gasteiger partial charge in [0.2, 0.25) is 0 Å².